The number of ketones is 1. The molecule has 1 N–H and O–H groups in total. The summed E-state index contributed by atoms with van der Waals surface area (Å²) in [5.41, 5.74) is 0.919. The number of ether oxygens (including phenoxy) is 1. The molecule has 1 aromatic carbocycles. The highest BCUT2D eigenvalue weighted by Crippen LogP contribution is 2.25. The van der Waals surface area contributed by atoms with Crippen LogP contribution in [0.5, 0.6) is 5.75 Å². The van der Waals surface area contributed by atoms with E-state index >= 15 is 0 Å². The topological polar surface area (TPSA) is 75.7 Å². The molecule has 0 aliphatic heterocycles. The Morgan fingerprint density at radius 2 is 1.86 bits per heavy atom. The lowest BCUT2D eigenvalue weighted by Gasteiger charge is -2.33. The smallest absolute Gasteiger partial charge is 0.260 e. The van der Waals surface area contributed by atoms with Crippen LogP contribution in [0, 0.1) is 0 Å². The van der Waals surface area contributed by atoms with Crippen molar-refractivity contribution in [3.05, 3.63) is 23.8 Å². The van der Waals surface area contributed by atoms with Crippen LogP contribution >= 0.6 is 0 Å². The van der Waals surface area contributed by atoms with Crippen LogP contribution in [0.15, 0.2) is 18.2 Å². The third kappa shape index (κ3) is 6.08. The van der Waals surface area contributed by atoms with Gasteiger partial charge in [0.2, 0.25) is 5.91 Å². The van der Waals surface area contributed by atoms with Crippen molar-refractivity contribution in [2.75, 3.05) is 18.5 Å². The monoisotopic (exact) mass is 388 g/mol. The quantitative estimate of drug-likeness (QED) is 0.644. The molecule has 0 bridgehead atoms. The van der Waals surface area contributed by atoms with Crippen LogP contribution in [0.2, 0.25) is 0 Å². The van der Waals surface area contributed by atoms with E-state index < -0.39 is 0 Å². The summed E-state index contributed by atoms with van der Waals surface area (Å²) >= 11 is 0. The SMILES string of the molecule is CCCC(=O)Nc1ccc(OCC(=O)N(CC)C2CCCCC2)c(C(C)=O)c1. The van der Waals surface area contributed by atoms with Gasteiger partial charge in [-0.2, -0.15) is 0 Å². The highest BCUT2D eigenvalue weighted by Gasteiger charge is 2.24. The standard InChI is InChI=1S/C22H32N2O4/c1-4-9-21(26)23-17-12-13-20(19(14-17)16(3)25)28-15-22(27)24(5-2)18-10-7-6-8-11-18/h12-14,18H,4-11,15H2,1-3H3,(H,23,26). The number of nitrogens with one attached hydrogen (secondary N) is 1. The number of benzene rings is 1. The number of hydrogen-bond donors (Lipinski definition) is 1. The van der Waals surface area contributed by atoms with E-state index in [1.165, 1.54) is 13.3 Å². The van der Waals surface area contributed by atoms with E-state index in [4.69, 9.17) is 4.74 Å². The fourth-order valence-corrected chi connectivity index (χ4v) is 3.71. The Balaban J connectivity index is 2.04. The molecule has 6 heteroatoms. The summed E-state index contributed by atoms with van der Waals surface area (Å²) in [7, 11) is 0. The number of nitrogens with zero attached hydrogens (tertiary/aromatic N) is 1. The molecule has 0 atom stereocenters. The van der Waals surface area contributed by atoms with Crippen molar-refractivity contribution in [1.82, 2.24) is 4.90 Å². The number of rotatable bonds is 9. The molecule has 0 aromatic heterocycles. The van der Waals surface area contributed by atoms with E-state index in [-0.39, 0.29) is 24.2 Å². The highest BCUT2D eigenvalue weighted by molar-refractivity contribution is 5.99. The molecular formula is C22H32N2O4. The van der Waals surface area contributed by atoms with Crippen LogP contribution in [-0.4, -0.2) is 41.7 Å². The number of Topliss-reactive ketones (excluding diaryl/α,β-unsaturated/α-hetero) is 1. The maximum Gasteiger partial charge on any atom is 0.260 e. The Morgan fingerprint density at radius 1 is 1.14 bits per heavy atom. The Bertz CT molecular complexity index is 696. The Hall–Kier alpha value is -2.37. The van der Waals surface area contributed by atoms with Crippen molar-refractivity contribution in [2.45, 2.75) is 71.8 Å². The first-order valence-electron chi connectivity index (χ1n) is 10.3. The predicted molar refractivity (Wildman–Crippen MR) is 110 cm³/mol. The summed E-state index contributed by atoms with van der Waals surface area (Å²) in [6.07, 6.45) is 6.83. The molecule has 1 aromatic rings. The van der Waals surface area contributed by atoms with Crippen molar-refractivity contribution in [2.24, 2.45) is 0 Å². The van der Waals surface area contributed by atoms with Crippen molar-refractivity contribution < 1.29 is 19.1 Å². The fraction of sp³-hybridized carbons (Fsp3) is 0.591. The highest BCUT2D eigenvalue weighted by atomic mass is 16.5. The molecular weight excluding hydrogens is 356 g/mol. The minimum absolute atomic E-state index is 0.0516. The zero-order valence-electron chi connectivity index (χ0n) is 17.3. The average molecular weight is 389 g/mol. The zero-order valence-corrected chi connectivity index (χ0v) is 17.3. The minimum atomic E-state index is -0.173. The number of hydrogen-bond acceptors (Lipinski definition) is 4. The van der Waals surface area contributed by atoms with Crippen molar-refractivity contribution in [3.8, 4) is 5.75 Å². The van der Waals surface area contributed by atoms with Crippen LogP contribution in [0.1, 0.15) is 76.1 Å². The molecule has 0 heterocycles. The van der Waals surface area contributed by atoms with Gasteiger partial charge in [-0.25, -0.2) is 0 Å². The molecule has 0 radical (unpaired) electrons. The number of carbonyl (C=O) groups is 3. The Labute approximate surface area is 167 Å². The van der Waals surface area contributed by atoms with Gasteiger partial charge >= 0.3 is 0 Å². The first-order valence-corrected chi connectivity index (χ1v) is 10.3. The van der Waals surface area contributed by atoms with Gasteiger partial charge < -0.3 is 15.0 Å². The van der Waals surface area contributed by atoms with Crippen LogP contribution in [0.25, 0.3) is 0 Å². The maximum absolute atomic E-state index is 12.7. The summed E-state index contributed by atoms with van der Waals surface area (Å²) in [5, 5.41) is 2.78. The molecule has 0 saturated heterocycles. The summed E-state index contributed by atoms with van der Waals surface area (Å²) < 4.78 is 5.72. The van der Waals surface area contributed by atoms with Gasteiger partial charge in [0.15, 0.2) is 12.4 Å². The molecule has 0 spiro atoms. The van der Waals surface area contributed by atoms with Gasteiger partial charge in [-0.05, 0) is 51.3 Å². The zero-order chi connectivity index (χ0) is 20.5. The third-order valence-electron chi connectivity index (χ3n) is 5.15. The van der Waals surface area contributed by atoms with Gasteiger partial charge in [0.05, 0.1) is 5.56 Å². The third-order valence-corrected chi connectivity index (χ3v) is 5.15. The number of amides is 2. The van der Waals surface area contributed by atoms with E-state index in [0.29, 0.717) is 36.0 Å². The summed E-state index contributed by atoms with van der Waals surface area (Å²) in [6, 6.07) is 5.23. The molecule has 0 unspecified atom stereocenters. The van der Waals surface area contributed by atoms with Gasteiger partial charge in [0, 0.05) is 24.7 Å². The second-order valence-electron chi connectivity index (χ2n) is 7.33. The molecule has 1 fully saturated rings. The minimum Gasteiger partial charge on any atom is -0.483 e. The van der Waals surface area contributed by atoms with E-state index in [9.17, 15) is 14.4 Å². The van der Waals surface area contributed by atoms with Gasteiger partial charge in [-0.1, -0.05) is 26.2 Å². The number of likely N-dealkylation sites (N-methyl/N-ethyl adjacent to an activating group) is 1. The molecule has 6 nitrogen and oxygen atoms in total. The van der Waals surface area contributed by atoms with E-state index in [1.54, 1.807) is 18.2 Å². The van der Waals surface area contributed by atoms with Gasteiger partial charge in [-0.3, -0.25) is 14.4 Å². The van der Waals surface area contributed by atoms with Gasteiger partial charge in [-0.15, -0.1) is 0 Å². The normalized spacial score (nSPS) is 14.4. The molecule has 1 saturated carbocycles. The van der Waals surface area contributed by atoms with E-state index in [1.807, 2.05) is 18.7 Å². The van der Waals surface area contributed by atoms with Crippen molar-refractivity contribution in [1.29, 1.82) is 0 Å². The molecule has 2 rings (SSSR count). The molecule has 1 aliphatic carbocycles. The van der Waals surface area contributed by atoms with Crippen LogP contribution in [-0.2, 0) is 9.59 Å². The summed E-state index contributed by atoms with van der Waals surface area (Å²) in [6.45, 7) is 5.94. The van der Waals surface area contributed by atoms with E-state index in [0.717, 1.165) is 32.1 Å². The predicted octanol–water partition coefficient (Wildman–Crippen LogP) is 4.19. The first kappa shape index (κ1) is 21.9. The second-order valence-corrected chi connectivity index (χ2v) is 7.33. The second kappa shape index (κ2) is 10.8. The van der Waals surface area contributed by atoms with Crippen LogP contribution in [0.3, 0.4) is 0 Å². The Kier molecular flexibility index (Phi) is 8.48. The number of carbonyl (C=O) groups excluding carboxylic acids is 3. The van der Waals surface area contributed by atoms with Gasteiger partial charge in [0.25, 0.3) is 5.91 Å². The molecule has 1 aliphatic rings. The summed E-state index contributed by atoms with van der Waals surface area (Å²) in [5.74, 6) is 0.0545. The number of anilines is 1. The Morgan fingerprint density at radius 3 is 2.46 bits per heavy atom. The van der Waals surface area contributed by atoms with Crippen molar-refractivity contribution >= 4 is 23.3 Å². The largest absolute Gasteiger partial charge is 0.483 e. The maximum atomic E-state index is 12.7. The summed E-state index contributed by atoms with van der Waals surface area (Å²) in [4.78, 5) is 38.4. The lowest BCUT2D eigenvalue weighted by Crippen LogP contribution is -2.43. The van der Waals surface area contributed by atoms with Gasteiger partial charge in [0.1, 0.15) is 5.75 Å². The van der Waals surface area contributed by atoms with Crippen LogP contribution in [0.4, 0.5) is 5.69 Å². The fourth-order valence-electron chi connectivity index (χ4n) is 3.71. The molecule has 154 valence electrons. The molecule has 28 heavy (non-hydrogen) atoms. The van der Waals surface area contributed by atoms with E-state index in [2.05, 4.69) is 5.32 Å². The van der Waals surface area contributed by atoms with Crippen molar-refractivity contribution in [3.63, 3.8) is 0 Å². The first-order chi connectivity index (χ1) is 13.5. The molecule has 2 amide bonds. The average Bonchev–Trinajstić information content (AvgIpc) is 2.68. The lowest BCUT2D eigenvalue weighted by molar-refractivity contribution is -0.136. The van der Waals surface area contributed by atoms with Crippen LogP contribution < -0.4 is 10.1 Å². The lowest BCUT2D eigenvalue weighted by atomic mass is 9.94.